The first-order valence-electron chi connectivity index (χ1n) is 16.2. The Morgan fingerprint density at radius 2 is 1.24 bits per heavy atom. The summed E-state index contributed by atoms with van der Waals surface area (Å²) in [6, 6.07) is 36.5. The first-order chi connectivity index (χ1) is 24.5. The van der Waals surface area contributed by atoms with Gasteiger partial charge in [-0.05, 0) is 94.3 Å². The average molecular weight is 703 g/mol. The SMILES string of the molecule is CC/C=C\C=C(/C)c1ccc(-c2ccccc2-c2cc(OS(=O)(=O)C(F)(F)F)cc(-c3ccccc3-c3ccc(-c4ccccn4)cc3)c2)cn1. The maximum Gasteiger partial charge on any atom is 0.534 e. The van der Waals surface area contributed by atoms with Crippen molar-refractivity contribution in [2.75, 3.05) is 0 Å². The van der Waals surface area contributed by atoms with Crippen LogP contribution in [0.2, 0.25) is 0 Å². The predicted molar refractivity (Wildman–Crippen MR) is 198 cm³/mol. The van der Waals surface area contributed by atoms with Crippen molar-refractivity contribution in [2.24, 2.45) is 0 Å². The van der Waals surface area contributed by atoms with Crippen LogP contribution in [0.3, 0.4) is 0 Å². The van der Waals surface area contributed by atoms with E-state index in [1.54, 1.807) is 12.4 Å². The monoisotopic (exact) mass is 702 g/mol. The summed E-state index contributed by atoms with van der Waals surface area (Å²) in [7, 11) is -5.95. The molecule has 0 spiro atoms. The largest absolute Gasteiger partial charge is 0.534 e. The standard InChI is InChI=1S/C42H33F3N2O3S/c1-3-4-5-12-29(2)40-23-22-32(28-47-40)37-14-7-9-16-39(37)34-25-33(26-35(27-34)50-51(48,49)42(43,44)45)38-15-8-6-13-36(38)30-18-20-31(21-19-30)41-17-10-11-24-46-41/h4-28H,3H2,1-2H3/b5-4-,29-12+. The van der Waals surface area contributed by atoms with Gasteiger partial charge in [-0.1, -0.05) is 110 Å². The molecule has 2 heterocycles. The topological polar surface area (TPSA) is 69.2 Å². The van der Waals surface area contributed by atoms with Crippen LogP contribution in [0.25, 0.3) is 61.3 Å². The number of pyridine rings is 2. The van der Waals surface area contributed by atoms with E-state index in [1.807, 2.05) is 128 Å². The number of hydrogen-bond donors (Lipinski definition) is 0. The fraction of sp³-hybridized carbons (Fsp3) is 0.0952. The van der Waals surface area contributed by atoms with Crippen molar-refractivity contribution in [3.8, 4) is 61.5 Å². The van der Waals surface area contributed by atoms with Crippen LogP contribution in [0.4, 0.5) is 13.2 Å². The van der Waals surface area contributed by atoms with Gasteiger partial charge in [0, 0.05) is 23.5 Å². The molecular formula is C42H33F3N2O3S. The number of alkyl halides is 3. The van der Waals surface area contributed by atoms with Gasteiger partial charge in [-0.15, -0.1) is 0 Å². The van der Waals surface area contributed by atoms with Gasteiger partial charge in [0.05, 0.1) is 11.4 Å². The molecule has 0 fully saturated rings. The van der Waals surface area contributed by atoms with Crippen molar-refractivity contribution in [3.63, 3.8) is 0 Å². The molecule has 0 aliphatic carbocycles. The van der Waals surface area contributed by atoms with Gasteiger partial charge < -0.3 is 4.18 Å². The van der Waals surface area contributed by atoms with Gasteiger partial charge >= 0.3 is 15.6 Å². The van der Waals surface area contributed by atoms with Gasteiger partial charge in [0.15, 0.2) is 0 Å². The highest BCUT2D eigenvalue weighted by Gasteiger charge is 2.48. The number of rotatable bonds is 10. The van der Waals surface area contributed by atoms with E-state index in [0.29, 0.717) is 22.3 Å². The van der Waals surface area contributed by atoms with Gasteiger partial charge in [-0.3, -0.25) is 9.97 Å². The van der Waals surface area contributed by atoms with E-state index in [2.05, 4.69) is 23.0 Å². The molecule has 0 unspecified atom stereocenters. The second kappa shape index (κ2) is 15.0. The third-order valence-corrected chi connectivity index (χ3v) is 9.20. The molecule has 0 amide bonds. The van der Waals surface area contributed by atoms with Crippen LogP contribution in [-0.2, 0) is 10.1 Å². The Kier molecular flexibility index (Phi) is 10.3. The summed E-state index contributed by atoms with van der Waals surface area (Å²) in [5.41, 5.74) is 3.33. The molecule has 2 aromatic heterocycles. The van der Waals surface area contributed by atoms with E-state index in [1.165, 1.54) is 12.1 Å². The maximum absolute atomic E-state index is 13.5. The Hall–Kier alpha value is -5.80. The van der Waals surface area contributed by atoms with Crippen molar-refractivity contribution in [1.82, 2.24) is 9.97 Å². The molecule has 256 valence electrons. The maximum atomic E-state index is 13.5. The number of hydrogen-bond acceptors (Lipinski definition) is 5. The molecule has 0 bridgehead atoms. The smallest absolute Gasteiger partial charge is 0.376 e. The number of halogens is 3. The summed E-state index contributed by atoms with van der Waals surface area (Å²) in [5, 5.41) is 0. The van der Waals surface area contributed by atoms with E-state index >= 15 is 0 Å². The van der Waals surface area contributed by atoms with Crippen LogP contribution in [-0.4, -0.2) is 23.9 Å². The lowest BCUT2D eigenvalue weighted by Crippen LogP contribution is -2.28. The highest BCUT2D eigenvalue weighted by molar-refractivity contribution is 7.88. The van der Waals surface area contributed by atoms with Crippen LogP contribution in [0.1, 0.15) is 26.0 Å². The van der Waals surface area contributed by atoms with Gasteiger partial charge in [0.2, 0.25) is 0 Å². The summed E-state index contributed by atoms with van der Waals surface area (Å²) in [5.74, 6) is -0.468. The lowest BCUT2D eigenvalue weighted by Gasteiger charge is -2.17. The quantitative estimate of drug-likeness (QED) is 0.0807. The molecule has 0 aliphatic heterocycles. The Morgan fingerprint density at radius 1 is 0.686 bits per heavy atom. The summed E-state index contributed by atoms with van der Waals surface area (Å²) in [4.78, 5) is 9.08. The molecule has 4 aromatic carbocycles. The van der Waals surface area contributed by atoms with Crippen LogP contribution >= 0.6 is 0 Å². The van der Waals surface area contributed by atoms with Gasteiger partial charge in [0.25, 0.3) is 0 Å². The van der Waals surface area contributed by atoms with Crippen LogP contribution < -0.4 is 4.18 Å². The van der Waals surface area contributed by atoms with E-state index < -0.39 is 21.4 Å². The minimum atomic E-state index is -5.95. The predicted octanol–water partition coefficient (Wildman–Crippen LogP) is 11.4. The molecule has 9 heteroatoms. The molecule has 0 radical (unpaired) electrons. The van der Waals surface area contributed by atoms with E-state index in [0.717, 1.165) is 51.2 Å². The van der Waals surface area contributed by atoms with Crippen molar-refractivity contribution in [1.29, 1.82) is 0 Å². The average Bonchev–Trinajstić information content (AvgIpc) is 3.14. The molecule has 0 atom stereocenters. The summed E-state index contributed by atoms with van der Waals surface area (Å²) >= 11 is 0. The van der Waals surface area contributed by atoms with E-state index in [-0.39, 0.29) is 0 Å². The number of allylic oxidation sites excluding steroid dienone is 4. The molecule has 0 saturated heterocycles. The molecular weight excluding hydrogens is 670 g/mol. The van der Waals surface area contributed by atoms with Crippen molar-refractivity contribution in [2.45, 2.75) is 25.8 Å². The summed E-state index contributed by atoms with van der Waals surface area (Å²) in [6.07, 6.45) is 10.4. The first kappa shape index (κ1) is 35.0. The fourth-order valence-corrected chi connectivity index (χ4v) is 6.12. The second-order valence-electron chi connectivity index (χ2n) is 11.7. The molecule has 5 nitrogen and oxygen atoms in total. The van der Waals surface area contributed by atoms with Crippen LogP contribution in [0, 0.1) is 0 Å². The number of nitrogens with zero attached hydrogens (tertiary/aromatic N) is 2. The Balaban J connectivity index is 1.46. The van der Waals surface area contributed by atoms with Gasteiger partial charge in [0.1, 0.15) is 5.75 Å². The Morgan fingerprint density at radius 3 is 1.76 bits per heavy atom. The van der Waals surface area contributed by atoms with Crippen LogP contribution in [0.5, 0.6) is 5.75 Å². The molecule has 0 aliphatic rings. The van der Waals surface area contributed by atoms with Gasteiger partial charge in [-0.2, -0.15) is 21.6 Å². The zero-order valence-electron chi connectivity index (χ0n) is 27.8. The zero-order chi connectivity index (χ0) is 36.0. The summed E-state index contributed by atoms with van der Waals surface area (Å²) in [6.45, 7) is 4.04. The lowest BCUT2D eigenvalue weighted by molar-refractivity contribution is -0.0500. The molecule has 0 N–H and O–H groups in total. The molecule has 6 aromatic rings. The van der Waals surface area contributed by atoms with Gasteiger partial charge in [-0.25, -0.2) is 0 Å². The zero-order valence-corrected chi connectivity index (χ0v) is 28.6. The van der Waals surface area contributed by atoms with Crippen molar-refractivity contribution < 1.29 is 25.8 Å². The van der Waals surface area contributed by atoms with Crippen molar-refractivity contribution in [3.05, 3.63) is 158 Å². The van der Waals surface area contributed by atoms with Crippen LogP contribution in [0.15, 0.2) is 152 Å². The van der Waals surface area contributed by atoms with Crippen molar-refractivity contribution >= 4 is 15.7 Å². The number of aromatic nitrogens is 2. The second-order valence-corrected chi connectivity index (χ2v) is 13.3. The minimum Gasteiger partial charge on any atom is -0.376 e. The van der Waals surface area contributed by atoms with E-state index in [4.69, 9.17) is 4.18 Å². The molecule has 6 rings (SSSR count). The third kappa shape index (κ3) is 8.00. The Bertz CT molecular complexity index is 2320. The highest BCUT2D eigenvalue weighted by Crippen LogP contribution is 2.41. The fourth-order valence-electron chi connectivity index (χ4n) is 5.68. The minimum absolute atomic E-state index is 0.459. The lowest BCUT2D eigenvalue weighted by atomic mass is 9.90. The Labute approximate surface area is 295 Å². The normalized spacial score (nSPS) is 12.3. The first-order valence-corrected chi connectivity index (χ1v) is 17.6. The number of benzene rings is 4. The highest BCUT2D eigenvalue weighted by atomic mass is 32.2. The third-order valence-electron chi connectivity index (χ3n) is 8.23. The molecule has 0 saturated carbocycles. The van der Waals surface area contributed by atoms with E-state index in [9.17, 15) is 21.6 Å². The molecule has 51 heavy (non-hydrogen) atoms. The summed E-state index contributed by atoms with van der Waals surface area (Å²) < 4.78 is 69.8.